The van der Waals surface area contributed by atoms with Crippen molar-refractivity contribution in [2.45, 2.75) is 39.2 Å². The molecule has 1 fully saturated rings. The maximum atomic E-state index is 5.81. The first-order valence-electron chi connectivity index (χ1n) is 6.67. The summed E-state index contributed by atoms with van der Waals surface area (Å²) in [6.45, 7) is 6.40. The van der Waals surface area contributed by atoms with Crippen molar-refractivity contribution in [3.63, 3.8) is 0 Å². The molecule has 2 N–H and O–H groups in total. The molecule has 0 radical (unpaired) electrons. The Bertz CT molecular complexity index is 341. The molecule has 94 valence electrons. The summed E-state index contributed by atoms with van der Waals surface area (Å²) in [4.78, 5) is 6.85. The number of rotatable bonds is 5. The lowest BCUT2D eigenvalue weighted by Crippen LogP contribution is -2.32. The van der Waals surface area contributed by atoms with Gasteiger partial charge in [0.05, 0.1) is 17.6 Å². The standard InChI is InChI=1S/C14H23N3/c1-3-17(10-12-5-4-6-12)13-7-8-14(11(2)15)16-9-13/h7-9,11-12H,3-6,10,15H2,1-2H3/t11-/m1/s1. The average Bonchev–Trinajstić information content (AvgIpc) is 2.28. The molecule has 1 aliphatic rings. The largest absolute Gasteiger partial charge is 0.370 e. The molecule has 1 aromatic rings. The second kappa shape index (κ2) is 5.50. The fraction of sp³-hybridized carbons (Fsp3) is 0.643. The number of aromatic nitrogens is 1. The number of hydrogen-bond donors (Lipinski definition) is 1. The van der Waals surface area contributed by atoms with E-state index in [1.54, 1.807) is 0 Å². The van der Waals surface area contributed by atoms with Gasteiger partial charge < -0.3 is 10.6 Å². The third kappa shape index (κ3) is 2.97. The van der Waals surface area contributed by atoms with E-state index in [1.807, 2.05) is 19.2 Å². The predicted molar refractivity (Wildman–Crippen MR) is 72.1 cm³/mol. The van der Waals surface area contributed by atoms with Crippen LogP contribution in [-0.2, 0) is 0 Å². The van der Waals surface area contributed by atoms with Gasteiger partial charge in [-0.1, -0.05) is 6.42 Å². The highest BCUT2D eigenvalue weighted by molar-refractivity contribution is 5.44. The van der Waals surface area contributed by atoms with Crippen molar-refractivity contribution in [1.29, 1.82) is 0 Å². The van der Waals surface area contributed by atoms with E-state index in [4.69, 9.17) is 5.73 Å². The Hall–Kier alpha value is -1.09. The molecule has 1 aromatic heterocycles. The normalized spacial score (nSPS) is 17.6. The Morgan fingerprint density at radius 2 is 2.24 bits per heavy atom. The van der Waals surface area contributed by atoms with Gasteiger partial charge in [-0.15, -0.1) is 0 Å². The number of nitrogens with two attached hydrogens (primary N) is 1. The van der Waals surface area contributed by atoms with Gasteiger partial charge in [0, 0.05) is 19.1 Å². The summed E-state index contributed by atoms with van der Waals surface area (Å²) in [7, 11) is 0. The van der Waals surface area contributed by atoms with Crippen LogP contribution in [0.15, 0.2) is 18.3 Å². The zero-order valence-electron chi connectivity index (χ0n) is 10.9. The van der Waals surface area contributed by atoms with E-state index in [2.05, 4.69) is 22.9 Å². The van der Waals surface area contributed by atoms with Crippen molar-refractivity contribution in [2.24, 2.45) is 11.7 Å². The lowest BCUT2D eigenvalue weighted by molar-refractivity contribution is 0.318. The number of pyridine rings is 1. The van der Waals surface area contributed by atoms with Gasteiger partial charge in [0.25, 0.3) is 0 Å². The minimum absolute atomic E-state index is 0.0192. The zero-order chi connectivity index (χ0) is 12.3. The molecule has 3 heteroatoms. The fourth-order valence-corrected chi connectivity index (χ4v) is 2.26. The van der Waals surface area contributed by atoms with E-state index in [-0.39, 0.29) is 6.04 Å². The van der Waals surface area contributed by atoms with E-state index in [0.29, 0.717) is 0 Å². The summed E-state index contributed by atoms with van der Waals surface area (Å²) in [6, 6.07) is 4.21. The van der Waals surface area contributed by atoms with Crippen molar-refractivity contribution in [2.75, 3.05) is 18.0 Å². The zero-order valence-corrected chi connectivity index (χ0v) is 10.9. The summed E-state index contributed by atoms with van der Waals surface area (Å²) in [5.41, 5.74) is 8.00. The Kier molecular flexibility index (Phi) is 4.00. The first-order chi connectivity index (χ1) is 8.20. The summed E-state index contributed by atoms with van der Waals surface area (Å²) in [6.07, 6.45) is 6.15. The van der Waals surface area contributed by atoms with E-state index >= 15 is 0 Å². The van der Waals surface area contributed by atoms with Crippen LogP contribution in [0, 0.1) is 5.92 Å². The highest BCUT2D eigenvalue weighted by atomic mass is 15.1. The van der Waals surface area contributed by atoms with Crippen LogP contribution in [0.4, 0.5) is 5.69 Å². The number of nitrogens with zero attached hydrogens (tertiary/aromatic N) is 2. The van der Waals surface area contributed by atoms with Crippen LogP contribution in [0.3, 0.4) is 0 Å². The maximum absolute atomic E-state index is 5.81. The summed E-state index contributed by atoms with van der Waals surface area (Å²) in [5, 5.41) is 0. The first-order valence-corrected chi connectivity index (χ1v) is 6.67. The molecule has 0 aromatic carbocycles. The highest BCUT2D eigenvalue weighted by Gasteiger charge is 2.20. The molecule has 0 aliphatic heterocycles. The van der Waals surface area contributed by atoms with Gasteiger partial charge in [0.15, 0.2) is 0 Å². The van der Waals surface area contributed by atoms with Gasteiger partial charge in [-0.2, -0.15) is 0 Å². The average molecular weight is 233 g/mol. The number of anilines is 1. The van der Waals surface area contributed by atoms with Crippen molar-refractivity contribution in [3.05, 3.63) is 24.0 Å². The van der Waals surface area contributed by atoms with Crippen LogP contribution in [-0.4, -0.2) is 18.1 Å². The Labute approximate surface area is 104 Å². The maximum Gasteiger partial charge on any atom is 0.0569 e. The van der Waals surface area contributed by atoms with Gasteiger partial charge in [-0.05, 0) is 44.7 Å². The molecule has 0 saturated heterocycles. The van der Waals surface area contributed by atoms with Crippen molar-refractivity contribution in [1.82, 2.24) is 4.98 Å². The van der Waals surface area contributed by atoms with Gasteiger partial charge in [0.2, 0.25) is 0 Å². The van der Waals surface area contributed by atoms with E-state index in [0.717, 1.165) is 18.2 Å². The highest BCUT2D eigenvalue weighted by Crippen LogP contribution is 2.28. The molecule has 0 unspecified atom stereocenters. The van der Waals surface area contributed by atoms with Crippen LogP contribution in [0.25, 0.3) is 0 Å². The van der Waals surface area contributed by atoms with Gasteiger partial charge in [-0.25, -0.2) is 0 Å². The molecule has 3 nitrogen and oxygen atoms in total. The molecule has 1 aliphatic carbocycles. The number of hydrogen-bond acceptors (Lipinski definition) is 3. The topological polar surface area (TPSA) is 42.1 Å². The summed E-state index contributed by atoms with van der Waals surface area (Å²) < 4.78 is 0. The van der Waals surface area contributed by atoms with Crippen LogP contribution in [0.2, 0.25) is 0 Å². The predicted octanol–water partition coefficient (Wildman–Crippen LogP) is 2.73. The smallest absolute Gasteiger partial charge is 0.0569 e. The van der Waals surface area contributed by atoms with Crippen molar-refractivity contribution < 1.29 is 0 Å². The molecule has 17 heavy (non-hydrogen) atoms. The van der Waals surface area contributed by atoms with Crippen LogP contribution in [0.1, 0.15) is 44.8 Å². The molecular weight excluding hydrogens is 210 g/mol. The van der Waals surface area contributed by atoms with Crippen molar-refractivity contribution in [3.8, 4) is 0 Å². The minimum Gasteiger partial charge on any atom is -0.370 e. The van der Waals surface area contributed by atoms with E-state index < -0.39 is 0 Å². The molecule has 1 heterocycles. The van der Waals surface area contributed by atoms with Crippen LogP contribution < -0.4 is 10.6 Å². The van der Waals surface area contributed by atoms with Crippen LogP contribution in [0.5, 0.6) is 0 Å². The molecule has 0 bridgehead atoms. The SMILES string of the molecule is CCN(CC1CCC1)c1ccc([C@@H](C)N)nc1. The van der Waals surface area contributed by atoms with Gasteiger partial charge >= 0.3 is 0 Å². The second-order valence-electron chi connectivity index (χ2n) is 5.07. The Morgan fingerprint density at radius 3 is 2.65 bits per heavy atom. The quantitative estimate of drug-likeness (QED) is 0.850. The molecular formula is C14H23N3. The summed E-state index contributed by atoms with van der Waals surface area (Å²) >= 11 is 0. The minimum atomic E-state index is 0.0192. The molecule has 1 saturated carbocycles. The molecule has 0 spiro atoms. The summed E-state index contributed by atoms with van der Waals surface area (Å²) in [5.74, 6) is 0.892. The third-order valence-corrected chi connectivity index (χ3v) is 3.69. The Morgan fingerprint density at radius 1 is 1.47 bits per heavy atom. The fourth-order valence-electron chi connectivity index (χ4n) is 2.26. The van der Waals surface area contributed by atoms with Gasteiger partial charge in [0.1, 0.15) is 0 Å². The molecule has 1 atom stereocenters. The third-order valence-electron chi connectivity index (χ3n) is 3.69. The lowest BCUT2D eigenvalue weighted by atomic mass is 9.85. The van der Waals surface area contributed by atoms with Crippen LogP contribution >= 0.6 is 0 Å². The molecule has 2 rings (SSSR count). The lowest BCUT2D eigenvalue weighted by Gasteiger charge is -2.33. The Balaban J connectivity index is 2.02. The molecule has 0 amide bonds. The van der Waals surface area contributed by atoms with Gasteiger partial charge in [-0.3, -0.25) is 4.98 Å². The monoisotopic (exact) mass is 233 g/mol. The van der Waals surface area contributed by atoms with E-state index in [1.165, 1.54) is 31.5 Å². The first kappa shape index (κ1) is 12.4. The second-order valence-corrected chi connectivity index (χ2v) is 5.07. The van der Waals surface area contributed by atoms with E-state index in [9.17, 15) is 0 Å². The van der Waals surface area contributed by atoms with Crippen molar-refractivity contribution >= 4 is 5.69 Å².